The standard InChI is InChI=1S/C8H10ClNO/c1-6(2)11-8-3-4-10-5-7(8)9/h3-6H,1-2H3. The maximum Gasteiger partial charge on any atom is 0.141 e. The summed E-state index contributed by atoms with van der Waals surface area (Å²) in [5.74, 6) is 0.691. The summed E-state index contributed by atoms with van der Waals surface area (Å²) in [6.07, 6.45) is 3.37. The minimum absolute atomic E-state index is 0.148. The van der Waals surface area contributed by atoms with Crippen LogP contribution in [0, 0.1) is 0 Å². The quantitative estimate of drug-likeness (QED) is 0.682. The number of hydrogen-bond acceptors (Lipinski definition) is 2. The number of halogens is 1. The summed E-state index contributed by atoms with van der Waals surface area (Å²) in [5.41, 5.74) is 0. The molecule has 11 heavy (non-hydrogen) atoms. The first-order valence-electron chi connectivity index (χ1n) is 3.46. The summed E-state index contributed by atoms with van der Waals surface area (Å²) in [6, 6.07) is 1.75. The molecule has 0 unspecified atom stereocenters. The Morgan fingerprint density at radius 2 is 2.27 bits per heavy atom. The highest BCUT2D eigenvalue weighted by Gasteiger charge is 2.01. The Morgan fingerprint density at radius 1 is 1.55 bits per heavy atom. The summed E-state index contributed by atoms with van der Waals surface area (Å²) in [7, 11) is 0. The molecular formula is C8H10ClNO. The molecule has 0 bridgehead atoms. The van der Waals surface area contributed by atoms with Crippen LogP contribution in [0.3, 0.4) is 0 Å². The fourth-order valence-electron chi connectivity index (χ4n) is 0.712. The first-order valence-corrected chi connectivity index (χ1v) is 3.84. The lowest BCUT2D eigenvalue weighted by molar-refractivity contribution is 0.242. The molecule has 60 valence electrons. The predicted molar refractivity (Wildman–Crippen MR) is 45.0 cm³/mol. The SMILES string of the molecule is CC(C)Oc1ccncc1Cl. The van der Waals surface area contributed by atoms with Crippen LogP contribution in [0.25, 0.3) is 0 Å². The monoisotopic (exact) mass is 171 g/mol. The molecule has 0 radical (unpaired) electrons. The Labute approximate surface area is 71.2 Å². The van der Waals surface area contributed by atoms with E-state index in [0.29, 0.717) is 10.8 Å². The van der Waals surface area contributed by atoms with Crippen molar-refractivity contribution in [2.45, 2.75) is 20.0 Å². The molecule has 1 heterocycles. The van der Waals surface area contributed by atoms with Crippen LogP contribution in [0.1, 0.15) is 13.8 Å². The smallest absolute Gasteiger partial charge is 0.141 e. The van der Waals surface area contributed by atoms with Gasteiger partial charge in [0.15, 0.2) is 0 Å². The largest absolute Gasteiger partial charge is 0.489 e. The van der Waals surface area contributed by atoms with E-state index in [1.54, 1.807) is 18.5 Å². The summed E-state index contributed by atoms with van der Waals surface area (Å²) in [6.45, 7) is 3.91. The van der Waals surface area contributed by atoms with E-state index in [0.717, 1.165) is 0 Å². The Kier molecular flexibility index (Phi) is 2.71. The first kappa shape index (κ1) is 8.34. The lowest BCUT2D eigenvalue weighted by Crippen LogP contribution is -2.05. The molecule has 0 spiro atoms. The van der Waals surface area contributed by atoms with Crippen LogP contribution in [0.2, 0.25) is 5.02 Å². The van der Waals surface area contributed by atoms with Gasteiger partial charge in [0.1, 0.15) is 10.8 Å². The maximum absolute atomic E-state index is 5.78. The molecule has 0 saturated heterocycles. The number of nitrogens with zero attached hydrogens (tertiary/aromatic N) is 1. The third-order valence-corrected chi connectivity index (χ3v) is 1.38. The molecule has 0 aliphatic rings. The average molecular weight is 172 g/mol. The average Bonchev–Trinajstić information content (AvgIpc) is 1.93. The molecule has 1 rings (SSSR count). The molecule has 2 nitrogen and oxygen atoms in total. The molecule has 1 aromatic heterocycles. The number of hydrogen-bond donors (Lipinski definition) is 0. The van der Waals surface area contributed by atoms with Crippen molar-refractivity contribution >= 4 is 11.6 Å². The van der Waals surface area contributed by atoms with Crippen LogP contribution in [0.4, 0.5) is 0 Å². The summed E-state index contributed by atoms with van der Waals surface area (Å²) < 4.78 is 5.37. The van der Waals surface area contributed by atoms with Gasteiger partial charge in [-0.3, -0.25) is 4.98 Å². The van der Waals surface area contributed by atoms with Gasteiger partial charge in [0.05, 0.1) is 6.10 Å². The Morgan fingerprint density at radius 3 is 2.82 bits per heavy atom. The molecule has 0 aromatic carbocycles. The van der Waals surface area contributed by atoms with Gasteiger partial charge in [-0.25, -0.2) is 0 Å². The van der Waals surface area contributed by atoms with Gasteiger partial charge >= 0.3 is 0 Å². The predicted octanol–water partition coefficient (Wildman–Crippen LogP) is 2.52. The minimum Gasteiger partial charge on any atom is -0.489 e. The van der Waals surface area contributed by atoms with Crippen LogP contribution < -0.4 is 4.74 Å². The fourth-order valence-corrected chi connectivity index (χ4v) is 0.876. The topological polar surface area (TPSA) is 22.1 Å². The van der Waals surface area contributed by atoms with Crippen LogP contribution >= 0.6 is 11.6 Å². The lowest BCUT2D eigenvalue weighted by atomic mass is 10.4. The van der Waals surface area contributed by atoms with E-state index in [1.807, 2.05) is 13.8 Å². The fraction of sp³-hybridized carbons (Fsp3) is 0.375. The van der Waals surface area contributed by atoms with Crippen molar-refractivity contribution in [2.75, 3.05) is 0 Å². The zero-order valence-electron chi connectivity index (χ0n) is 6.54. The van der Waals surface area contributed by atoms with Gasteiger partial charge in [0, 0.05) is 18.5 Å². The van der Waals surface area contributed by atoms with Gasteiger partial charge in [-0.2, -0.15) is 0 Å². The van der Waals surface area contributed by atoms with E-state index in [2.05, 4.69) is 4.98 Å². The minimum atomic E-state index is 0.148. The van der Waals surface area contributed by atoms with E-state index in [-0.39, 0.29) is 6.10 Å². The van der Waals surface area contributed by atoms with Gasteiger partial charge in [-0.1, -0.05) is 11.6 Å². The third-order valence-electron chi connectivity index (χ3n) is 1.10. The van der Waals surface area contributed by atoms with Gasteiger partial charge in [0.2, 0.25) is 0 Å². The van der Waals surface area contributed by atoms with Crippen LogP contribution in [-0.2, 0) is 0 Å². The summed E-state index contributed by atoms with van der Waals surface area (Å²) in [4.78, 5) is 3.84. The molecule has 3 heteroatoms. The molecule has 0 aliphatic heterocycles. The maximum atomic E-state index is 5.78. The second-order valence-corrected chi connectivity index (χ2v) is 2.88. The molecule has 0 aliphatic carbocycles. The zero-order chi connectivity index (χ0) is 8.27. The van der Waals surface area contributed by atoms with E-state index in [4.69, 9.17) is 16.3 Å². The number of aromatic nitrogens is 1. The second kappa shape index (κ2) is 3.58. The molecule has 0 amide bonds. The molecule has 1 aromatic rings. The van der Waals surface area contributed by atoms with Crippen LogP contribution in [-0.4, -0.2) is 11.1 Å². The lowest BCUT2D eigenvalue weighted by Gasteiger charge is -2.09. The van der Waals surface area contributed by atoms with Crippen molar-refractivity contribution in [3.63, 3.8) is 0 Å². The highest BCUT2D eigenvalue weighted by molar-refractivity contribution is 6.31. The van der Waals surface area contributed by atoms with Gasteiger partial charge in [-0.05, 0) is 13.8 Å². The van der Waals surface area contributed by atoms with Crippen LogP contribution in [0.15, 0.2) is 18.5 Å². The zero-order valence-corrected chi connectivity index (χ0v) is 7.30. The highest BCUT2D eigenvalue weighted by atomic mass is 35.5. The van der Waals surface area contributed by atoms with Crippen molar-refractivity contribution in [1.82, 2.24) is 4.98 Å². The van der Waals surface area contributed by atoms with Crippen LogP contribution in [0.5, 0.6) is 5.75 Å². The van der Waals surface area contributed by atoms with Gasteiger partial charge < -0.3 is 4.74 Å². The van der Waals surface area contributed by atoms with Crippen molar-refractivity contribution in [2.24, 2.45) is 0 Å². The van der Waals surface area contributed by atoms with Crippen molar-refractivity contribution in [3.05, 3.63) is 23.5 Å². The molecule has 0 saturated carbocycles. The van der Waals surface area contributed by atoms with Gasteiger partial charge in [-0.15, -0.1) is 0 Å². The number of pyridine rings is 1. The first-order chi connectivity index (χ1) is 5.20. The third kappa shape index (κ3) is 2.39. The Bertz CT molecular complexity index is 237. The Balaban J connectivity index is 2.78. The van der Waals surface area contributed by atoms with Crippen molar-refractivity contribution in [3.8, 4) is 5.75 Å². The van der Waals surface area contributed by atoms with E-state index >= 15 is 0 Å². The van der Waals surface area contributed by atoms with E-state index in [1.165, 1.54) is 0 Å². The molecular weight excluding hydrogens is 162 g/mol. The Hall–Kier alpha value is -0.760. The van der Waals surface area contributed by atoms with Crippen molar-refractivity contribution in [1.29, 1.82) is 0 Å². The molecule has 0 N–H and O–H groups in total. The highest BCUT2D eigenvalue weighted by Crippen LogP contribution is 2.22. The number of ether oxygens (including phenoxy) is 1. The molecule has 0 fully saturated rings. The summed E-state index contributed by atoms with van der Waals surface area (Å²) in [5, 5.41) is 0.557. The summed E-state index contributed by atoms with van der Waals surface area (Å²) >= 11 is 5.78. The van der Waals surface area contributed by atoms with E-state index < -0.39 is 0 Å². The second-order valence-electron chi connectivity index (χ2n) is 2.47. The van der Waals surface area contributed by atoms with Gasteiger partial charge in [0.25, 0.3) is 0 Å². The van der Waals surface area contributed by atoms with Crippen molar-refractivity contribution < 1.29 is 4.74 Å². The number of rotatable bonds is 2. The molecule has 0 atom stereocenters. The van der Waals surface area contributed by atoms with E-state index in [9.17, 15) is 0 Å². The normalized spacial score (nSPS) is 10.2.